The molecule has 0 radical (unpaired) electrons. The van der Waals surface area contributed by atoms with Crippen LogP contribution in [0.15, 0.2) is 36.4 Å². The Hall–Kier alpha value is -3.00. The van der Waals surface area contributed by atoms with Crippen molar-refractivity contribution in [1.82, 2.24) is 5.32 Å². The minimum Gasteiger partial charge on any atom is -0.491 e. The first-order valence-electron chi connectivity index (χ1n) is 8.82. The van der Waals surface area contributed by atoms with Crippen LogP contribution < -0.4 is 15.8 Å². The number of hydrogen-bond acceptors (Lipinski definition) is 4. The van der Waals surface area contributed by atoms with Gasteiger partial charge in [-0.2, -0.15) is 0 Å². The van der Waals surface area contributed by atoms with E-state index < -0.39 is 29.2 Å². The molecule has 28 heavy (non-hydrogen) atoms. The number of halogens is 2. The van der Waals surface area contributed by atoms with E-state index in [1.54, 1.807) is 38.1 Å². The van der Waals surface area contributed by atoms with Gasteiger partial charge in [-0.05, 0) is 31.5 Å². The van der Waals surface area contributed by atoms with E-state index in [2.05, 4.69) is 5.32 Å². The zero-order valence-electron chi connectivity index (χ0n) is 15.7. The third-order valence-electron chi connectivity index (χ3n) is 3.96. The van der Waals surface area contributed by atoms with Crippen molar-refractivity contribution in [2.24, 2.45) is 5.73 Å². The van der Waals surface area contributed by atoms with Crippen molar-refractivity contribution in [3.8, 4) is 5.75 Å². The molecule has 4 N–H and O–H groups in total. The third kappa shape index (κ3) is 5.04. The number of nitrogen functional groups attached to an aromatic ring is 1. The molecular formula is C20H23F2N3O3. The lowest BCUT2D eigenvalue weighted by Crippen LogP contribution is -2.31. The summed E-state index contributed by atoms with van der Waals surface area (Å²) in [7, 11) is 0. The molecule has 2 aromatic rings. The summed E-state index contributed by atoms with van der Waals surface area (Å²) >= 11 is 0. The Kier molecular flexibility index (Phi) is 7.45. The molecule has 0 aliphatic rings. The molecular weight excluding hydrogens is 368 g/mol. The van der Waals surface area contributed by atoms with Crippen LogP contribution >= 0.6 is 0 Å². The van der Waals surface area contributed by atoms with E-state index in [9.17, 15) is 13.6 Å². The van der Waals surface area contributed by atoms with Crippen LogP contribution in [0.4, 0.5) is 8.78 Å². The Morgan fingerprint density at radius 1 is 1.14 bits per heavy atom. The fraction of sp³-hybridized carbons (Fsp3) is 0.300. The van der Waals surface area contributed by atoms with Gasteiger partial charge in [-0.15, -0.1) is 0 Å². The number of amidine groups is 1. The maximum Gasteiger partial charge on any atom is 0.254 e. The number of benzene rings is 2. The first-order chi connectivity index (χ1) is 13.4. The molecule has 0 saturated carbocycles. The quantitative estimate of drug-likeness (QED) is 0.452. The van der Waals surface area contributed by atoms with Gasteiger partial charge in [0.2, 0.25) is 0 Å². The summed E-state index contributed by atoms with van der Waals surface area (Å²) in [6.07, 6.45) is -1.46. The van der Waals surface area contributed by atoms with Gasteiger partial charge in [0.25, 0.3) is 5.91 Å². The van der Waals surface area contributed by atoms with Crippen LogP contribution in [-0.2, 0) is 16.1 Å². The standard InChI is InChI=1S/C20H23F2N3O3/c1-3-27-15-10-9-14(21)16(17(15)22)18(28-4-2)20(26)25-11-12-5-7-13(8-6-12)19(23)24/h5-10,18H,3-4,11H2,1-2H3,(H3,23,24)(H,25,26)/t18-/m0/s1. The first kappa shape index (κ1) is 21.3. The van der Waals surface area contributed by atoms with Crippen LogP contribution in [-0.4, -0.2) is 25.0 Å². The summed E-state index contributed by atoms with van der Waals surface area (Å²) in [6, 6.07) is 8.91. The third-order valence-corrected chi connectivity index (χ3v) is 3.96. The summed E-state index contributed by atoms with van der Waals surface area (Å²) in [5, 5.41) is 9.99. The molecule has 0 bridgehead atoms. The van der Waals surface area contributed by atoms with Crippen molar-refractivity contribution in [2.75, 3.05) is 13.2 Å². The van der Waals surface area contributed by atoms with Gasteiger partial charge in [-0.25, -0.2) is 8.78 Å². The van der Waals surface area contributed by atoms with Gasteiger partial charge in [0.1, 0.15) is 11.7 Å². The van der Waals surface area contributed by atoms with Crippen LogP contribution in [0, 0.1) is 17.0 Å². The van der Waals surface area contributed by atoms with Crippen molar-refractivity contribution in [3.05, 3.63) is 64.7 Å². The summed E-state index contributed by atoms with van der Waals surface area (Å²) < 4.78 is 39.5. The zero-order chi connectivity index (χ0) is 20.7. The van der Waals surface area contributed by atoms with Gasteiger partial charge in [0, 0.05) is 18.7 Å². The Bertz CT molecular complexity index is 841. The molecule has 1 amide bonds. The van der Waals surface area contributed by atoms with Gasteiger partial charge in [-0.1, -0.05) is 24.3 Å². The highest BCUT2D eigenvalue weighted by molar-refractivity contribution is 5.94. The maximum absolute atomic E-state index is 14.7. The molecule has 0 aromatic heterocycles. The first-order valence-corrected chi connectivity index (χ1v) is 8.82. The van der Waals surface area contributed by atoms with Crippen LogP contribution in [0.5, 0.6) is 5.75 Å². The van der Waals surface area contributed by atoms with Gasteiger partial charge in [0.15, 0.2) is 17.7 Å². The molecule has 0 unspecified atom stereocenters. The second-order valence-corrected chi connectivity index (χ2v) is 5.87. The largest absolute Gasteiger partial charge is 0.491 e. The summed E-state index contributed by atoms with van der Waals surface area (Å²) in [5.74, 6) is -2.73. The fourth-order valence-electron chi connectivity index (χ4n) is 2.60. The molecule has 150 valence electrons. The Balaban J connectivity index is 2.20. The molecule has 0 heterocycles. The number of carbonyl (C=O) groups excluding carboxylic acids is 1. The lowest BCUT2D eigenvalue weighted by atomic mass is 10.1. The SMILES string of the molecule is CCOc1ccc(F)c([C@H](OCC)C(=O)NCc2ccc(C(=N)N)cc2)c1F. The van der Waals surface area contributed by atoms with Crippen LogP contribution in [0.25, 0.3) is 0 Å². The molecule has 0 spiro atoms. The minimum atomic E-state index is -1.46. The van der Waals surface area contributed by atoms with E-state index in [1.165, 1.54) is 6.07 Å². The highest BCUT2D eigenvalue weighted by Crippen LogP contribution is 2.30. The molecule has 2 rings (SSSR count). The van der Waals surface area contributed by atoms with E-state index >= 15 is 0 Å². The average Bonchev–Trinajstić information content (AvgIpc) is 2.68. The monoisotopic (exact) mass is 391 g/mol. The zero-order valence-corrected chi connectivity index (χ0v) is 15.7. The highest BCUT2D eigenvalue weighted by Gasteiger charge is 2.29. The van der Waals surface area contributed by atoms with E-state index in [4.69, 9.17) is 20.6 Å². The molecule has 8 heteroatoms. The second kappa shape index (κ2) is 9.80. The van der Waals surface area contributed by atoms with Crippen LogP contribution in [0.2, 0.25) is 0 Å². The topological polar surface area (TPSA) is 97.4 Å². The molecule has 6 nitrogen and oxygen atoms in total. The maximum atomic E-state index is 14.7. The van der Waals surface area contributed by atoms with Crippen molar-refractivity contribution >= 4 is 11.7 Å². The normalized spacial score (nSPS) is 11.7. The Morgan fingerprint density at radius 2 is 1.82 bits per heavy atom. The van der Waals surface area contributed by atoms with Crippen molar-refractivity contribution in [3.63, 3.8) is 0 Å². The molecule has 0 saturated heterocycles. The predicted molar refractivity (Wildman–Crippen MR) is 101 cm³/mol. The molecule has 0 aliphatic carbocycles. The summed E-state index contributed by atoms with van der Waals surface area (Å²) in [5.41, 5.74) is 6.20. The number of amides is 1. The summed E-state index contributed by atoms with van der Waals surface area (Å²) in [6.45, 7) is 3.71. The van der Waals surface area contributed by atoms with Crippen molar-refractivity contribution < 1.29 is 23.0 Å². The molecule has 1 atom stereocenters. The average molecular weight is 391 g/mol. The Morgan fingerprint density at radius 3 is 2.39 bits per heavy atom. The summed E-state index contributed by atoms with van der Waals surface area (Å²) in [4.78, 5) is 12.6. The minimum absolute atomic E-state index is 0.0628. The predicted octanol–water partition coefficient (Wildman–Crippen LogP) is 3.04. The van der Waals surface area contributed by atoms with Gasteiger partial charge < -0.3 is 20.5 Å². The number of nitrogens with one attached hydrogen (secondary N) is 2. The van der Waals surface area contributed by atoms with Crippen LogP contribution in [0.3, 0.4) is 0 Å². The molecule has 0 fully saturated rings. The van der Waals surface area contributed by atoms with E-state index in [0.717, 1.165) is 11.6 Å². The fourth-order valence-corrected chi connectivity index (χ4v) is 2.60. The number of ether oxygens (including phenoxy) is 2. The van der Waals surface area contributed by atoms with Gasteiger partial charge in [-0.3, -0.25) is 10.2 Å². The number of hydrogen-bond donors (Lipinski definition) is 3. The smallest absolute Gasteiger partial charge is 0.254 e. The number of nitrogens with two attached hydrogens (primary N) is 1. The molecule has 0 aliphatic heterocycles. The lowest BCUT2D eigenvalue weighted by Gasteiger charge is -2.19. The van der Waals surface area contributed by atoms with Crippen molar-refractivity contribution in [2.45, 2.75) is 26.5 Å². The van der Waals surface area contributed by atoms with Gasteiger partial charge >= 0.3 is 0 Å². The lowest BCUT2D eigenvalue weighted by molar-refractivity contribution is -0.133. The Labute approximate surface area is 162 Å². The van der Waals surface area contributed by atoms with Gasteiger partial charge in [0.05, 0.1) is 12.2 Å². The van der Waals surface area contributed by atoms with Crippen molar-refractivity contribution in [1.29, 1.82) is 5.41 Å². The van der Waals surface area contributed by atoms with Crippen LogP contribution in [0.1, 0.15) is 36.6 Å². The van der Waals surface area contributed by atoms with E-state index in [-0.39, 0.29) is 31.3 Å². The van der Waals surface area contributed by atoms with E-state index in [1.807, 2.05) is 0 Å². The highest BCUT2D eigenvalue weighted by atomic mass is 19.1. The number of rotatable bonds is 9. The second-order valence-electron chi connectivity index (χ2n) is 5.87. The van der Waals surface area contributed by atoms with E-state index in [0.29, 0.717) is 5.56 Å². The molecule has 2 aromatic carbocycles. The number of carbonyl (C=O) groups is 1.